The van der Waals surface area contributed by atoms with Gasteiger partial charge in [-0.3, -0.25) is 13.2 Å². The number of nitrogens with zero attached hydrogens (tertiary/aromatic N) is 9. The number of phenols is 1. The molecular formula is C59H50ClF4N15O9S3. The van der Waals surface area contributed by atoms with Gasteiger partial charge in [0.2, 0.25) is 30.1 Å². The zero-order valence-corrected chi connectivity index (χ0v) is 50.3. The number of hydrogen-bond donors (Lipinski definition) is 7. The number of halogens is 5. The minimum absolute atomic E-state index is 0.0195. The Labute approximate surface area is 520 Å². The number of benzene rings is 6. The number of ether oxygens (including phenoxy) is 2. The standard InChI is InChI=1S/C20H16F3N5O3S.C20H19N5O4S.C19H15ClFN5O2S/c21-20(22,23)31-15-5-3-14(4-6-15)17-12-27-19-18(25-9-10-28(17)19)26-11-13-1-7-16(8-2-13)32(24,29)30;1-29-18-10-14(4-7-17(18)26)16-12-24-20-19(22-8-9-25(16)20)23-11-13-2-5-15(6-3-13)30(21,27)28;20-15-9-13(3-6-16(15)21)17-11-25-19-18(23-7-8-26(17)19)24-10-12-1-4-14(5-2-12)29(22,27)28/h1-10,12H,11H2,(H,25,26)(H2,24,29,30);2-10,12,26H,11H2,1H3,(H,22,23)(H2,21,27,28);1-9,11H,10H2,(H,23,24)(H2,22,27,28). The fraction of sp³-hybridized carbons (Fsp3) is 0.0847. The summed E-state index contributed by atoms with van der Waals surface area (Å²) in [5, 5.41) is 34.7. The predicted octanol–water partition coefficient (Wildman–Crippen LogP) is 9.37. The molecule has 0 fully saturated rings. The molecule has 0 aliphatic heterocycles. The number of imidazole rings is 3. The number of alkyl halides is 3. The van der Waals surface area contributed by atoms with Crippen LogP contribution in [0.2, 0.25) is 5.02 Å². The lowest BCUT2D eigenvalue weighted by molar-refractivity contribution is -0.274. The molecular weight excluding hydrogens is 1270 g/mol. The number of hydrogen-bond acceptors (Lipinski definition) is 18. The largest absolute Gasteiger partial charge is 0.573 e. The molecule has 0 aliphatic carbocycles. The van der Waals surface area contributed by atoms with Gasteiger partial charge in [0.1, 0.15) is 11.6 Å². The maximum atomic E-state index is 13.5. The number of aromatic nitrogens is 9. The number of nitrogens with two attached hydrogens (primary N) is 3. The van der Waals surface area contributed by atoms with E-state index < -0.39 is 42.2 Å². The van der Waals surface area contributed by atoms with Gasteiger partial charge in [0.15, 0.2) is 45.9 Å². The Bertz CT molecular complexity index is 4970. The zero-order valence-electron chi connectivity index (χ0n) is 47.1. The molecule has 10 N–H and O–H groups in total. The summed E-state index contributed by atoms with van der Waals surface area (Å²) in [4.78, 5) is 26.3. The molecule has 0 atom stereocenters. The van der Waals surface area contributed by atoms with Gasteiger partial charge in [-0.05, 0) is 114 Å². The first-order chi connectivity index (χ1) is 43.3. The van der Waals surface area contributed by atoms with Crippen LogP contribution in [0.1, 0.15) is 16.7 Å². The Kier molecular flexibility index (Phi) is 18.5. The molecule has 0 bridgehead atoms. The van der Waals surface area contributed by atoms with Crippen molar-refractivity contribution in [3.05, 3.63) is 217 Å². The lowest BCUT2D eigenvalue weighted by atomic mass is 10.1. The van der Waals surface area contributed by atoms with Gasteiger partial charge in [0, 0.05) is 73.5 Å². The molecule has 0 saturated heterocycles. The molecule has 0 unspecified atom stereocenters. The lowest BCUT2D eigenvalue weighted by Gasteiger charge is -2.10. The van der Waals surface area contributed by atoms with Crippen LogP contribution in [0.15, 0.2) is 204 Å². The van der Waals surface area contributed by atoms with Crippen LogP contribution in [-0.2, 0) is 49.7 Å². The van der Waals surface area contributed by atoms with Crippen LogP contribution in [0.5, 0.6) is 17.2 Å². The molecule has 6 aromatic carbocycles. The number of anilines is 3. The van der Waals surface area contributed by atoms with Crippen LogP contribution in [0.3, 0.4) is 0 Å². The first-order valence-electron chi connectivity index (χ1n) is 26.5. The number of rotatable bonds is 17. The third-order valence-electron chi connectivity index (χ3n) is 13.5. The molecule has 12 aromatic rings. The van der Waals surface area contributed by atoms with Crippen LogP contribution in [-0.4, -0.2) is 86.9 Å². The van der Waals surface area contributed by atoms with E-state index in [0.29, 0.717) is 71.0 Å². The topological polar surface area (TPSA) is 346 Å². The highest BCUT2D eigenvalue weighted by Gasteiger charge is 2.31. The third-order valence-corrected chi connectivity index (χ3v) is 16.6. The fourth-order valence-corrected chi connectivity index (χ4v) is 10.8. The maximum absolute atomic E-state index is 13.5. The van der Waals surface area contributed by atoms with E-state index in [1.807, 2.05) is 8.80 Å². The first kappa shape index (κ1) is 63.7. The molecule has 24 nitrogen and oxygen atoms in total. The Hall–Kier alpha value is -10.3. The second kappa shape index (κ2) is 26.4. The van der Waals surface area contributed by atoms with Gasteiger partial charge in [-0.2, -0.15) is 0 Å². The normalized spacial score (nSPS) is 11.8. The summed E-state index contributed by atoms with van der Waals surface area (Å²) in [5.41, 5.74) is 8.63. The van der Waals surface area contributed by atoms with E-state index in [1.165, 1.54) is 73.8 Å². The van der Waals surface area contributed by atoms with E-state index in [2.05, 4.69) is 50.6 Å². The van der Waals surface area contributed by atoms with Crippen LogP contribution < -0.4 is 40.8 Å². The molecule has 12 rings (SSSR count). The highest BCUT2D eigenvalue weighted by atomic mass is 35.5. The van der Waals surface area contributed by atoms with Gasteiger partial charge in [-0.1, -0.05) is 48.0 Å². The quantitative estimate of drug-likeness (QED) is 0.0417. The average Bonchev–Trinajstić information content (AvgIpc) is 1.76. The first-order valence-corrected chi connectivity index (χ1v) is 31.5. The molecule has 0 amide bonds. The van der Waals surface area contributed by atoms with Gasteiger partial charge >= 0.3 is 6.36 Å². The maximum Gasteiger partial charge on any atom is 0.573 e. The van der Waals surface area contributed by atoms with Gasteiger partial charge in [-0.15, -0.1) is 13.2 Å². The number of sulfonamides is 3. The fourth-order valence-electron chi connectivity index (χ4n) is 9.04. The third kappa shape index (κ3) is 15.4. The van der Waals surface area contributed by atoms with E-state index in [4.69, 9.17) is 31.8 Å². The van der Waals surface area contributed by atoms with Crippen LogP contribution in [0.4, 0.5) is 35.0 Å². The second-order valence-electron chi connectivity index (χ2n) is 19.6. The Morgan fingerprint density at radius 2 is 0.857 bits per heavy atom. The van der Waals surface area contributed by atoms with Crippen molar-refractivity contribution >= 4 is 76.1 Å². The Morgan fingerprint density at radius 1 is 0.505 bits per heavy atom. The van der Waals surface area contributed by atoms with E-state index in [1.54, 1.807) is 127 Å². The SMILES string of the molecule is COc1cc(-c2cnc3c(NCc4ccc(S(N)(=O)=O)cc4)nccn23)ccc1O.NS(=O)(=O)c1ccc(CNc2nccn3c(-c4ccc(F)c(Cl)c4)cnc23)cc1.NS(=O)(=O)c1ccc(CNc2nccn3c(-c4ccc(OC(F)(F)F)cc4)cnc23)cc1. The van der Waals surface area contributed by atoms with Gasteiger partial charge in [0.05, 0.1) is 62.5 Å². The molecule has 91 heavy (non-hydrogen) atoms. The van der Waals surface area contributed by atoms with Crippen molar-refractivity contribution < 1.29 is 57.4 Å². The molecule has 0 saturated carbocycles. The number of aromatic hydroxyl groups is 1. The summed E-state index contributed by atoms with van der Waals surface area (Å²) in [6, 6.07) is 33.7. The number of nitrogens with one attached hydrogen (secondary N) is 3. The lowest BCUT2D eigenvalue weighted by Crippen LogP contribution is -2.16. The van der Waals surface area contributed by atoms with Gasteiger partial charge in [0.25, 0.3) is 0 Å². The summed E-state index contributed by atoms with van der Waals surface area (Å²) < 4.78 is 133. The van der Waals surface area contributed by atoms with E-state index in [0.717, 1.165) is 39.2 Å². The minimum Gasteiger partial charge on any atom is -0.504 e. The molecule has 32 heteroatoms. The van der Waals surface area contributed by atoms with Crippen molar-refractivity contribution in [2.75, 3.05) is 23.1 Å². The summed E-state index contributed by atoms with van der Waals surface area (Å²) in [7, 11) is -9.71. The monoisotopic (exact) mass is 1320 g/mol. The minimum atomic E-state index is -4.75. The predicted molar refractivity (Wildman–Crippen MR) is 331 cm³/mol. The van der Waals surface area contributed by atoms with Crippen molar-refractivity contribution in [2.45, 2.75) is 40.7 Å². The van der Waals surface area contributed by atoms with E-state index >= 15 is 0 Å². The van der Waals surface area contributed by atoms with Crippen LogP contribution in [0.25, 0.3) is 50.7 Å². The van der Waals surface area contributed by atoms with Crippen molar-refractivity contribution in [3.63, 3.8) is 0 Å². The van der Waals surface area contributed by atoms with Crippen molar-refractivity contribution in [2.24, 2.45) is 15.4 Å². The van der Waals surface area contributed by atoms with Gasteiger partial charge in [-0.25, -0.2) is 75.0 Å². The molecule has 0 radical (unpaired) electrons. The highest BCUT2D eigenvalue weighted by Crippen LogP contribution is 2.34. The summed E-state index contributed by atoms with van der Waals surface area (Å²) in [6.07, 6.45) is 10.3. The van der Waals surface area contributed by atoms with E-state index in [-0.39, 0.29) is 31.2 Å². The molecule has 0 spiro atoms. The molecule has 6 aromatic heterocycles. The smallest absolute Gasteiger partial charge is 0.504 e. The Balaban J connectivity index is 0.000000150. The van der Waals surface area contributed by atoms with Crippen molar-refractivity contribution in [1.29, 1.82) is 0 Å². The zero-order chi connectivity index (χ0) is 64.8. The molecule has 0 aliphatic rings. The van der Waals surface area contributed by atoms with Gasteiger partial charge < -0.3 is 30.5 Å². The highest BCUT2D eigenvalue weighted by molar-refractivity contribution is 7.89. The van der Waals surface area contributed by atoms with Crippen LogP contribution in [0, 0.1) is 5.82 Å². The molecule has 468 valence electrons. The second-order valence-corrected chi connectivity index (χ2v) is 24.6. The summed E-state index contributed by atoms with van der Waals surface area (Å²) in [5.74, 6) is 1.23. The number of phenolic OH excluding ortho intramolecular Hbond substituents is 1. The number of primary sulfonamides is 3. The molecule has 6 heterocycles. The Morgan fingerprint density at radius 3 is 1.21 bits per heavy atom. The van der Waals surface area contributed by atoms with Crippen LogP contribution >= 0.6 is 11.6 Å². The summed E-state index contributed by atoms with van der Waals surface area (Å²) in [6.45, 7) is 1.18. The van der Waals surface area contributed by atoms with Crippen molar-refractivity contribution in [3.8, 4) is 51.0 Å². The van der Waals surface area contributed by atoms with Crippen molar-refractivity contribution in [1.82, 2.24) is 43.1 Å². The number of methoxy groups -OCH3 is 1. The number of fused-ring (bicyclic) bond motifs is 3. The summed E-state index contributed by atoms with van der Waals surface area (Å²) >= 11 is 5.90. The van der Waals surface area contributed by atoms with E-state index in [9.17, 15) is 47.9 Å². The average molecular weight is 1320 g/mol.